The lowest BCUT2D eigenvalue weighted by atomic mass is 9.35. The van der Waals surface area contributed by atoms with Gasteiger partial charge in [-0.2, -0.15) is 0 Å². The third-order valence-corrected chi connectivity index (χ3v) is 8.77. The third kappa shape index (κ3) is 1.36. The third-order valence-electron chi connectivity index (χ3n) is 8.77. The van der Waals surface area contributed by atoms with Crippen molar-refractivity contribution in [3.63, 3.8) is 0 Å². The van der Waals surface area contributed by atoms with Gasteiger partial charge in [0.15, 0.2) is 0 Å². The highest BCUT2D eigenvalue weighted by atomic mass is 16.3. The summed E-state index contributed by atoms with van der Waals surface area (Å²) in [7, 11) is 0. The SMILES string of the molecule is C=C1[C@@H]2CC[C@]3(CC[C@@H]4[C@@]5(C)CCC[C@]4(C=NC5)[C@H]3C2)[C@H]1O. The number of hydrogen-bond donors (Lipinski definition) is 1. The van der Waals surface area contributed by atoms with E-state index in [1.807, 2.05) is 0 Å². The average Bonchev–Trinajstić information content (AvgIpc) is 2.50. The molecule has 0 radical (unpaired) electrons. The molecule has 0 aromatic carbocycles. The van der Waals surface area contributed by atoms with Gasteiger partial charge in [0.2, 0.25) is 0 Å². The first-order valence-electron chi connectivity index (χ1n) is 9.40. The molecular formula is C20H29NO. The van der Waals surface area contributed by atoms with Crippen molar-refractivity contribution in [2.24, 2.45) is 39.0 Å². The van der Waals surface area contributed by atoms with Crippen LogP contribution < -0.4 is 0 Å². The second-order valence-corrected chi connectivity index (χ2v) is 9.42. The van der Waals surface area contributed by atoms with Crippen molar-refractivity contribution in [1.29, 1.82) is 0 Å². The second-order valence-electron chi connectivity index (χ2n) is 9.42. The number of aliphatic imine (C=N–C) groups is 1. The Hall–Kier alpha value is -0.630. The van der Waals surface area contributed by atoms with Gasteiger partial charge in [-0.3, -0.25) is 4.99 Å². The molecule has 0 aromatic rings. The van der Waals surface area contributed by atoms with E-state index in [1.165, 1.54) is 51.4 Å². The van der Waals surface area contributed by atoms with Crippen molar-refractivity contribution in [3.05, 3.63) is 12.2 Å². The Morgan fingerprint density at radius 3 is 2.86 bits per heavy atom. The molecule has 0 unspecified atom stereocenters. The quantitative estimate of drug-likeness (QED) is 0.674. The van der Waals surface area contributed by atoms with Gasteiger partial charge in [0.1, 0.15) is 0 Å². The Bertz CT molecular complexity index is 568. The molecule has 5 saturated carbocycles. The maximum absolute atomic E-state index is 11.1. The topological polar surface area (TPSA) is 32.6 Å². The zero-order valence-corrected chi connectivity index (χ0v) is 13.9. The van der Waals surface area contributed by atoms with Crippen molar-refractivity contribution in [2.75, 3.05) is 6.54 Å². The van der Waals surface area contributed by atoms with Gasteiger partial charge < -0.3 is 5.11 Å². The van der Waals surface area contributed by atoms with Gasteiger partial charge in [0.05, 0.1) is 6.10 Å². The monoisotopic (exact) mass is 299 g/mol. The van der Waals surface area contributed by atoms with Gasteiger partial charge in [-0.05, 0) is 73.7 Å². The van der Waals surface area contributed by atoms with Crippen LogP contribution in [-0.2, 0) is 0 Å². The Kier molecular flexibility index (Phi) is 2.54. The summed E-state index contributed by atoms with van der Waals surface area (Å²) >= 11 is 0. The van der Waals surface area contributed by atoms with Crippen LogP contribution in [0, 0.1) is 34.0 Å². The molecule has 6 aliphatic rings. The highest BCUT2D eigenvalue weighted by molar-refractivity contribution is 5.70. The Labute approximate surface area is 134 Å². The molecular weight excluding hydrogens is 270 g/mol. The van der Waals surface area contributed by atoms with Crippen LogP contribution in [0.3, 0.4) is 0 Å². The molecule has 0 amide bonds. The summed E-state index contributed by atoms with van der Waals surface area (Å²) in [5.41, 5.74) is 2.00. The van der Waals surface area contributed by atoms with Crippen molar-refractivity contribution in [1.82, 2.24) is 0 Å². The van der Waals surface area contributed by atoms with E-state index in [0.29, 0.717) is 22.7 Å². The zero-order valence-electron chi connectivity index (χ0n) is 13.9. The van der Waals surface area contributed by atoms with Crippen LogP contribution in [0.4, 0.5) is 0 Å². The minimum atomic E-state index is -0.246. The summed E-state index contributed by atoms with van der Waals surface area (Å²) in [6.07, 6.45) is 12.5. The molecule has 0 aromatic heterocycles. The molecule has 1 heterocycles. The van der Waals surface area contributed by atoms with E-state index in [1.54, 1.807) is 0 Å². The van der Waals surface area contributed by atoms with Crippen LogP contribution >= 0.6 is 0 Å². The van der Waals surface area contributed by atoms with E-state index in [0.717, 1.165) is 18.0 Å². The Morgan fingerprint density at radius 1 is 1.18 bits per heavy atom. The number of rotatable bonds is 0. The molecule has 0 saturated heterocycles. The largest absolute Gasteiger partial charge is 0.388 e. The zero-order chi connectivity index (χ0) is 15.2. The van der Waals surface area contributed by atoms with Crippen LogP contribution in [0.5, 0.6) is 0 Å². The van der Waals surface area contributed by atoms with Gasteiger partial charge in [-0.25, -0.2) is 0 Å². The molecule has 4 bridgehead atoms. The first kappa shape index (κ1) is 13.8. The molecule has 5 fully saturated rings. The summed E-state index contributed by atoms with van der Waals surface area (Å²) in [6.45, 7) is 7.81. The van der Waals surface area contributed by atoms with Crippen molar-refractivity contribution in [2.45, 2.75) is 64.4 Å². The van der Waals surface area contributed by atoms with Crippen LogP contribution in [0.15, 0.2) is 17.1 Å². The summed E-state index contributed by atoms with van der Waals surface area (Å²) < 4.78 is 0. The Balaban J connectivity index is 1.66. The standard InChI is InChI=1S/C20H29NO/c1-13-14-4-8-19(17(13)22)9-5-15-18(2)6-3-7-20(15,12-21-11-18)16(19)10-14/h12,14-17,22H,1,3-11H2,2H3/t14-,15-,16+,17+,18+,19-,20-/m1/s1. The maximum atomic E-state index is 11.1. The van der Waals surface area contributed by atoms with Crippen LogP contribution in [0.2, 0.25) is 0 Å². The van der Waals surface area contributed by atoms with Gasteiger partial charge in [0.25, 0.3) is 0 Å². The number of aliphatic hydroxyl groups excluding tert-OH is 1. The van der Waals surface area contributed by atoms with Crippen molar-refractivity contribution >= 4 is 6.21 Å². The molecule has 7 atom stereocenters. The van der Waals surface area contributed by atoms with Gasteiger partial charge in [0, 0.05) is 23.6 Å². The highest BCUT2D eigenvalue weighted by Crippen LogP contribution is 2.72. The molecule has 1 N–H and O–H groups in total. The summed E-state index contributed by atoms with van der Waals surface area (Å²) in [6, 6.07) is 0. The fraction of sp³-hybridized carbons (Fsp3) is 0.850. The van der Waals surface area contributed by atoms with Gasteiger partial charge in [-0.15, -0.1) is 0 Å². The number of fused-ring (bicyclic) bond motifs is 2. The molecule has 2 heteroatoms. The lowest BCUT2D eigenvalue weighted by molar-refractivity contribution is -0.185. The first-order valence-corrected chi connectivity index (χ1v) is 9.40. The van der Waals surface area contributed by atoms with E-state index >= 15 is 0 Å². The molecule has 5 aliphatic carbocycles. The van der Waals surface area contributed by atoms with Gasteiger partial charge in [-0.1, -0.05) is 19.9 Å². The van der Waals surface area contributed by atoms with E-state index in [4.69, 9.17) is 4.99 Å². The lowest BCUT2D eigenvalue weighted by Gasteiger charge is -2.70. The predicted molar refractivity (Wildman–Crippen MR) is 88.9 cm³/mol. The van der Waals surface area contributed by atoms with Crippen LogP contribution in [0.25, 0.3) is 0 Å². The van der Waals surface area contributed by atoms with E-state index < -0.39 is 0 Å². The number of aliphatic hydroxyl groups is 1. The van der Waals surface area contributed by atoms with Crippen molar-refractivity contribution < 1.29 is 5.11 Å². The summed E-state index contributed by atoms with van der Waals surface area (Å²) in [5.74, 6) is 2.03. The highest BCUT2D eigenvalue weighted by Gasteiger charge is 2.68. The fourth-order valence-electron chi connectivity index (χ4n) is 7.80. The van der Waals surface area contributed by atoms with Crippen molar-refractivity contribution in [3.8, 4) is 0 Å². The van der Waals surface area contributed by atoms with E-state index in [2.05, 4.69) is 19.7 Å². The van der Waals surface area contributed by atoms with Crippen LogP contribution in [-0.4, -0.2) is 24.0 Å². The fourth-order valence-corrected chi connectivity index (χ4v) is 7.80. The molecule has 1 spiro atoms. The minimum absolute atomic E-state index is 0.129. The first-order chi connectivity index (χ1) is 10.5. The van der Waals surface area contributed by atoms with Gasteiger partial charge >= 0.3 is 0 Å². The molecule has 6 rings (SSSR count). The van der Waals surface area contributed by atoms with E-state index in [9.17, 15) is 5.11 Å². The lowest BCUT2D eigenvalue weighted by Crippen LogP contribution is -2.66. The summed E-state index contributed by atoms with van der Waals surface area (Å²) in [5, 5.41) is 11.1. The van der Waals surface area contributed by atoms with Crippen LogP contribution in [0.1, 0.15) is 58.3 Å². The Morgan fingerprint density at radius 2 is 2.00 bits per heavy atom. The predicted octanol–water partition coefficient (Wildman–Crippen LogP) is 3.99. The molecule has 2 nitrogen and oxygen atoms in total. The normalized spacial score (nSPS) is 59.1. The van der Waals surface area contributed by atoms with E-state index in [-0.39, 0.29) is 11.5 Å². The molecule has 120 valence electrons. The number of nitrogens with zero attached hydrogens (tertiary/aromatic N) is 1. The summed E-state index contributed by atoms with van der Waals surface area (Å²) in [4.78, 5) is 4.89. The molecule has 22 heavy (non-hydrogen) atoms. The smallest absolute Gasteiger partial charge is 0.0809 e. The average molecular weight is 299 g/mol. The second kappa shape index (κ2) is 4.06. The minimum Gasteiger partial charge on any atom is -0.388 e. The number of hydrogen-bond acceptors (Lipinski definition) is 2. The molecule has 1 aliphatic heterocycles. The maximum Gasteiger partial charge on any atom is 0.0809 e.